The fourth-order valence-corrected chi connectivity index (χ4v) is 1.97. The second-order valence-electron chi connectivity index (χ2n) is 4.16. The van der Waals surface area contributed by atoms with Crippen LogP contribution in [-0.2, 0) is 16.1 Å². The van der Waals surface area contributed by atoms with Crippen molar-refractivity contribution in [3.05, 3.63) is 24.0 Å². The molecular weight excluding hydrogens is 234 g/mol. The maximum absolute atomic E-state index is 12.3. The van der Waals surface area contributed by atoms with Crippen LogP contribution in [0.5, 0.6) is 0 Å². The van der Waals surface area contributed by atoms with E-state index in [1.165, 1.54) is 0 Å². The zero-order chi connectivity index (χ0) is 13.0. The van der Waals surface area contributed by atoms with E-state index in [-0.39, 0.29) is 18.4 Å². The van der Waals surface area contributed by atoms with Gasteiger partial charge in [-0.2, -0.15) is 0 Å². The molecule has 0 unspecified atom stereocenters. The number of ether oxygens (including phenoxy) is 1. The number of methoxy groups -OCH3 is 1. The Labute approximate surface area is 106 Å². The molecule has 0 bridgehead atoms. The third-order valence-electron chi connectivity index (χ3n) is 2.91. The molecule has 0 aromatic carbocycles. The molecule has 1 saturated heterocycles. The Morgan fingerprint density at radius 1 is 1.56 bits per heavy atom. The van der Waals surface area contributed by atoms with Gasteiger partial charge in [-0.3, -0.25) is 9.59 Å². The standard InChI is InChI=1S/C12H17N3O3/c1-18-8-7-14-5-2-3-10(14)12(17)15-6-4-13-11(16)9-15/h2-3,5H,4,6-9H2,1H3,(H,13,16). The lowest BCUT2D eigenvalue weighted by Crippen LogP contribution is -2.50. The van der Waals surface area contributed by atoms with Crippen molar-refractivity contribution in [1.29, 1.82) is 0 Å². The monoisotopic (exact) mass is 251 g/mol. The third kappa shape index (κ3) is 2.70. The highest BCUT2D eigenvalue weighted by Crippen LogP contribution is 2.08. The zero-order valence-corrected chi connectivity index (χ0v) is 10.4. The minimum Gasteiger partial charge on any atom is -0.383 e. The van der Waals surface area contributed by atoms with Gasteiger partial charge in [-0.05, 0) is 12.1 Å². The van der Waals surface area contributed by atoms with E-state index in [4.69, 9.17) is 4.74 Å². The molecule has 18 heavy (non-hydrogen) atoms. The Morgan fingerprint density at radius 3 is 3.11 bits per heavy atom. The number of piperazine rings is 1. The van der Waals surface area contributed by atoms with Gasteiger partial charge >= 0.3 is 0 Å². The molecule has 0 atom stereocenters. The summed E-state index contributed by atoms with van der Waals surface area (Å²) in [5.74, 6) is -0.212. The quantitative estimate of drug-likeness (QED) is 0.799. The Morgan fingerprint density at radius 2 is 2.39 bits per heavy atom. The van der Waals surface area contributed by atoms with Gasteiger partial charge in [0.25, 0.3) is 5.91 Å². The first-order valence-electron chi connectivity index (χ1n) is 5.92. The van der Waals surface area contributed by atoms with Crippen LogP contribution in [0.2, 0.25) is 0 Å². The molecule has 1 fully saturated rings. The average molecular weight is 251 g/mol. The second-order valence-corrected chi connectivity index (χ2v) is 4.16. The lowest BCUT2D eigenvalue weighted by molar-refractivity contribution is -0.123. The van der Waals surface area contributed by atoms with E-state index >= 15 is 0 Å². The first-order valence-corrected chi connectivity index (χ1v) is 5.92. The first kappa shape index (κ1) is 12.6. The molecular formula is C12H17N3O3. The summed E-state index contributed by atoms with van der Waals surface area (Å²) >= 11 is 0. The van der Waals surface area contributed by atoms with E-state index in [2.05, 4.69) is 5.32 Å². The van der Waals surface area contributed by atoms with E-state index in [1.807, 2.05) is 16.8 Å². The number of carbonyl (C=O) groups excluding carboxylic acids is 2. The summed E-state index contributed by atoms with van der Waals surface area (Å²) in [6.07, 6.45) is 1.84. The molecule has 6 nitrogen and oxygen atoms in total. The van der Waals surface area contributed by atoms with Crippen LogP contribution in [0.3, 0.4) is 0 Å². The Bertz CT molecular complexity index is 442. The molecule has 1 aromatic heterocycles. The Hall–Kier alpha value is -1.82. The zero-order valence-electron chi connectivity index (χ0n) is 10.4. The molecule has 2 amide bonds. The van der Waals surface area contributed by atoms with Gasteiger partial charge in [0.05, 0.1) is 13.2 Å². The Kier molecular flexibility index (Phi) is 3.99. The summed E-state index contributed by atoms with van der Waals surface area (Å²) < 4.78 is 6.85. The van der Waals surface area contributed by atoms with Crippen LogP contribution in [0.15, 0.2) is 18.3 Å². The lowest BCUT2D eigenvalue weighted by Gasteiger charge is -2.27. The van der Waals surface area contributed by atoms with Crippen molar-refractivity contribution < 1.29 is 14.3 Å². The molecule has 0 spiro atoms. The van der Waals surface area contributed by atoms with E-state index in [1.54, 1.807) is 18.1 Å². The summed E-state index contributed by atoms with van der Waals surface area (Å²) in [5, 5.41) is 2.70. The van der Waals surface area contributed by atoms with Crippen molar-refractivity contribution in [2.75, 3.05) is 33.4 Å². The topological polar surface area (TPSA) is 63.6 Å². The maximum Gasteiger partial charge on any atom is 0.271 e. The summed E-state index contributed by atoms with van der Waals surface area (Å²) in [4.78, 5) is 25.1. The number of amides is 2. The highest BCUT2D eigenvalue weighted by atomic mass is 16.5. The molecule has 0 radical (unpaired) electrons. The van der Waals surface area contributed by atoms with Crippen molar-refractivity contribution in [3.63, 3.8) is 0 Å². The van der Waals surface area contributed by atoms with Crippen LogP contribution in [-0.4, -0.2) is 54.6 Å². The fraction of sp³-hybridized carbons (Fsp3) is 0.500. The number of hydrogen-bond acceptors (Lipinski definition) is 3. The van der Waals surface area contributed by atoms with Gasteiger partial charge in [-0.1, -0.05) is 0 Å². The van der Waals surface area contributed by atoms with Crippen LogP contribution < -0.4 is 5.32 Å². The molecule has 1 aromatic rings. The Balaban J connectivity index is 2.08. The van der Waals surface area contributed by atoms with Crippen molar-refractivity contribution in [1.82, 2.24) is 14.8 Å². The van der Waals surface area contributed by atoms with Crippen LogP contribution in [0.25, 0.3) is 0 Å². The highest BCUT2D eigenvalue weighted by Gasteiger charge is 2.23. The third-order valence-corrected chi connectivity index (χ3v) is 2.91. The normalized spacial score (nSPS) is 15.6. The summed E-state index contributed by atoms with van der Waals surface area (Å²) in [6.45, 7) is 2.39. The minimum atomic E-state index is -0.107. The lowest BCUT2D eigenvalue weighted by atomic mass is 10.3. The maximum atomic E-state index is 12.3. The molecule has 2 rings (SSSR count). The van der Waals surface area contributed by atoms with Gasteiger partial charge < -0.3 is 19.5 Å². The number of nitrogens with one attached hydrogen (secondary N) is 1. The summed E-state index contributed by atoms with van der Waals surface area (Å²) in [7, 11) is 1.62. The predicted octanol–water partition coefficient (Wildman–Crippen LogP) is -0.294. The van der Waals surface area contributed by atoms with Crippen LogP contribution >= 0.6 is 0 Å². The summed E-state index contributed by atoms with van der Waals surface area (Å²) in [6, 6.07) is 3.59. The summed E-state index contributed by atoms with van der Waals surface area (Å²) in [5.41, 5.74) is 0.599. The second kappa shape index (κ2) is 5.68. The molecule has 6 heteroatoms. The molecule has 1 aliphatic heterocycles. The number of hydrogen-bond donors (Lipinski definition) is 1. The van der Waals surface area contributed by atoms with Crippen LogP contribution in [0, 0.1) is 0 Å². The van der Waals surface area contributed by atoms with E-state index in [9.17, 15) is 9.59 Å². The van der Waals surface area contributed by atoms with Gasteiger partial charge in [0.15, 0.2) is 0 Å². The SMILES string of the molecule is COCCn1cccc1C(=O)N1CCNC(=O)C1. The van der Waals surface area contributed by atoms with Crippen LogP contribution in [0.4, 0.5) is 0 Å². The van der Waals surface area contributed by atoms with Gasteiger partial charge in [0.1, 0.15) is 5.69 Å². The fourth-order valence-electron chi connectivity index (χ4n) is 1.97. The number of rotatable bonds is 4. The van der Waals surface area contributed by atoms with E-state index < -0.39 is 0 Å². The highest BCUT2D eigenvalue weighted by molar-refractivity contribution is 5.95. The largest absolute Gasteiger partial charge is 0.383 e. The van der Waals surface area contributed by atoms with Gasteiger partial charge in [0, 0.05) is 32.9 Å². The first-order chi connectivity index (χ1) is 8.72. The molecule has 2 heterocycles. The van der Waals surface area contributed by atoms with E-state index in [0.717, 1.165) is 0 Å². The minimum absolute atomic E-state index is 0.106. The van der Waals surface area contributed by atoms with Crippen molar-refractivity contribution in [3.8, 4) is 0 Å². The average Bonchev–Trinajstić information content (AvgIpc) is 2.83. The number of aromatic nitrogens is 1. The molecule has 0 saturated carbocycles. The molecule has 1 N–H and O–H groups in total. The van der Waals surface area contributed by atoms with E-state index in [0.29, 0.717) is 31.9 Å². The van der Waals surface area contributed by atoms with Crippen molar-refractivity contribution >= 4 is 11.8 Å². The molecule has 0 aliphatic carbocycles. The van der Waals surface area contributed by atoms with Crippen LogP contribution in [0.1, 0.15) is 10.5 Å². The van der Waals surface area contributed by atoms with Gasteiger partial charge in [-0.15, -0.1) is 0 Å². The van der Waals surface area contributed by atoms with Gasteiger partial charge in [0.2, 0.25) is 5.91 Å². The molecule has 98 valence electrons. The number of carbonyl (C=O) groups is 2. The predicted molar refractivity (Wildman–Crippen MR) is 65.2 cm³/mol. The van der Waals surface area contributed by atoms with Crippen molar-refractivity contribution in [2.45, 2.75) is 6.54 Å². The smallest absolute Gasteiger partial charge is 0.271 e. The van der Waals surface area contributed by atoms with Crippen molar-refractivity contribution in [2.24, 2.45) is 0 Å². The number of nitrogens with zero attached hydrogens (tertiary/aromatic N) is 2. The molecule has 1 aliphatic rings. The van der Waals surface area contributed by atoms with Gasteiger partial charge in [-0.25, -0.2) is 0 Å².